The molecule has 10 heteroatoms. The average molecular weight is 386 g/mol. The molecule has 1 aliphatic heterocycles. The van der Waals surface area contributed by atoms with E-state index in [0.29, 0.717) is 18.0 Å². The number of hydrogen-bond acceptors (Lipinski definition) is 6. The Morgan fingerprint density at radius 3 is 2.84 bits per heavy atom. The number of nitro benzene ring substituents is 1. The second-order valence-electron chi connectivity index (χ2n) is 5.40. The Bertz CT molecular complexity index is 725. The molecule has 8 nitrogen and oxygen atoms in total. The number of carbonyl (C=O) groups is 2. The number of halogens is 1. The number of carboxylic acids is 1. The molecule has 0 radical (unpaired) electrons. The molecule has 1 fully saturated rings. The summed E-state index contributed by atoms with van der Waals surface area (Å²) in [6, 6.07) is 4.14. The van der Waals surface area contributed by atoms with Crippen molar-refractivity contribution in [2.75, 3.05) is 0 Å². The third-order valence-electron chi connectivity index (χ3n) is 3.49. The molecule has 0 aromatic heterocycles. The lowest BCUT2D eigenvalue weighted by Crippen LogP contribution is -2.24. The van der Waals surface area contributed by atoms with Gasteiger partial charge in [0.2, 0.25) is 5.91 Å². The number of nitro groups is 1. The fraction of sp³-hybridized carbons (Fsp3) is 0.400. The van der Waals surface area contributed by atoms with E-state index >= 15 is 0 Å². The van der Waals surface area contributed by atoms with E-state index < -0.39 is 10.9 Å². The quantitative estimate of drug-likeness (QED) is 0.401. The lowest BCUT2D eigenvalue weighted by Gasteiger charge is -2.04. The fourth-order valence-electron chi connectivity index (χ4n) is 2.28. The first-order valence-electron chi connectivity index (χ1n) is 7.59. The fourth-order valence-corrected chi connectivity index (χ4v) is 3.47. The number of carbonyl (C=O) groups excluding carboxylic acids is 1. The van der Waals surface area contributed by atoms with Crippen molar-refractivity contribution >= 4 is 51.8 Å². The number of rotatable bonds is 8. The Labute approximate surface area is 152 Å². The Morgan fingerprint density at radius 2 is 2.16 bits per heavy atom. The normalized spacial score (nSPS) is 18.4. The van der Waals surface area contributed by atoms with Crippen molar-refractivity contribution in [3.63, 3.8) is 0 Å². The smallest absolute Gasteiger partial charge is 0.303 e. The van der Waals surface area contributed by atoms with E-state index in [-0.39, 0.29) is 34.0 Å². The monoisotopic (exact) mass is 385 g/mol. The summed E-state index contributed by atoms with van der Waals surface area (Å²) in [6.45, 7) is 0. The number of nitrogens with zero attached hydrogens (tertiary/aromatic N) is 2. The molecule has 25 heavy (non-hydrogen) atoms. The van der Waals surface area contributed by atoms with Gasteiger partial charge in [0.25, 0.3) is 5.69 Å². The molecule has 1 amide bonds. The molecular formula is C15H16ClN3O5S. The van der Waals surface area contributed by atoms with E-state index in [9.17, 15) is 19.7 Å². The lowest BCUT2D eigenvalue weighted by atomic mass is 10.1. The highest BCUT2D eigenvalue weighted by Gasteiger charge is 2.30. The zero-order valence-corrected chi connectivity index (χ0v) is 14.7. The van der Waals surface area contributed by atoms with Gasteiger partial charge in [0, 0.05) is 17.5 Å². The molecule has 1 aromatic rings. The van der Waals surface area contributed by atoms with Gasteiger partial charge in [-0.25, -0.2) is 4.99 Å². The average Bonchev–Trinajstić information content (AvgIpc) is 2.88. The molecular weight excluding hydrogens is 370 g/mol. The van der Waals surface area contributed by atoms with E-state index in [1.165, 1.54) is 30.0 Å². The summed E-state index contributed by atoms with van der Waals surface area (Å²) in [7, 11) is 0. The van der Waals surface area contributed by atoms with Gasteiger partial charge in [-0.05, 0) is 25.0 Å². The summed E-state index contributed by atoms with van der Waals surface area (Å²) in [5.74, 6) is -1.02. The maximum absolute atomic E-state index is 12.0. The van der Waals surface area contributed by atoms with Crippen LogP contribution < -0.4 is 5.32 Å². The topological polar surface area (TPSA) is 122 Å². The molecule has 2 rings (SSSR count). The molecule has 1 atom stereocenters. The van der Waals surface area contributed by atoms with Crippen LogP contribution in [0.5, 0.6) is 0 Å². The maximum Gasteiger partial charge on any atom is 0.303 e. The predicted molar refractivity (Wildman–Crippen MR) is 95.4 cm³/mol. The second-order valence-corrected chi connectivity index (χ2v) is 7.02. The Hall–Kier alpha value is -2.13. The standard InChI is InChI=1S/C15H16ClN3O5S/c16-9-6-7-10(11(8-9)19(23)24)17-15-18-14(22)12(25-15)4-2-1-3-5-13(20)21/h6-8,12H,1-5H2,(H,20,21)(H,17,18,22). The number of hydrogen-bond donors (Lipinski definition) is 2. The third kappa shape index (κ3) is 5.71. The number of carboxylic acid groups (broad SMARTS) is 1. The molecule has 1 aromatic carbocycles. The van der Waals surface area contributed by atoms with E-state index in [0.717, 1.165) is 12.8 Å². The molecule has 0 spiro atoms. The molecule has 1 saturated heterocycles. The number of thioether (sulfide) groups is 1. The Morgan fingerprint density at radius 1 is 1.40 bits per heavy atom. The van der Waals surface area contributed by atoms with Crippen LogP contribution in [-0.2, 0) is 9.59 Å². The summed E-state index contributed by atoms with van der Waals surface area (Å²) < 4.78 is 0. The van der Waals surface area contributed by atoms with Crippen molar-refractivity contribution in [1.29, 1.82) is 0 Å². The van der Waals surface area contributed by atoms with E-state index in [2.05, 4.69) is 10.3 Å². The van der Waals surface area contributed by atoms with Crippen LogP contribution in [0.2, 0.25) is 5.02 Å². The number of aliphatic carboxylic acids is 1. The van der Waals surface area contributed by atoms with Gasteiger partial charge < -0.3 is 10.4 Å². The van der Waals surface area contributed by atoms with Crippen molar-refractivity contribution in [1.82, 2.24) is 5.32 Å². The van der Waals surface area contributed by atoms with Crippen LogP contribution in [0.4, 0.5) is 11.4 Å². The van der Waals surface area contributed by atoms with E-state index in [1.807, 2.05) is 0 Å². The Kier molecular flexibility index (Phi) is 6.77. The van der Waals surface area contributed by atoms with Crippen LogP contribution in [0, 0.1) is 10.1 Å². The highest BCUT2D eigenvalue weighted by atomic mass is 35.5. The van der Waals surface area contributed by atoms with Gasteiger partial charge in [-0.1, -0.05) is 36.2 Å². The SMILES string of the molecule is O=C(O)CCCCCC1SC(=Nc2ccc(Cl)cc2[N+](=O)[O-])NC1=O. The highest BCUT2D eigenvalue weighted by Crippen LogP contribution is 2.33. The lowest BCUT2D eigenvalue weighted by molar-refractivity contribution is -0.384. The number of amidine groups is 1. The number of nitrogens with one attached hydrogen (secondary N) is 1. The molecule has 134 valence electrons. The Balaban J connectivity index is 1.96. The molecule has 1 heterocycles. The maximum atomic E-state index is 12.0. The first-order valence-corrected chi connectivity index (χ1v) is 8.84. The van der Waals surface area contributed by atoms with Crippen LogP contribution in [-0.4, -0.2) is 32.3 Å². The van der Waals surface area contributed by atoms with Gasteiger partial charge in [-0.15, -0.1) is 0 Å². The third-order valence-corrected chi connectivity index (χ3v) is 4.88. The molecule has 0 bridgehead atoms. The van der Waals surface area contributed by atoms with Crippen LogP contribution in [0.25, 0.3) is 0 Å². The predicted octanol–water partition coefficient (Wildman–Crippen LogP) is 3.50. The van der Waals surface area contributed by atoms with E-state index in [1.54, 1.807) is 0 Å². The molecule has 0 aliphatic carbocycles. The molecule has 1 unspecified atom stereocenters. The minimum absolute atomic E-state index is 0.122. The number of unbranched alkanes of at least 4 members (excludes halogenated alkanes) is 2. The summed E-state index contributed by atoms with van der Waals surface area (Å²) in [5.41, 5.74) is -0.105. The first kappa shape index (κ1) is 19.2. The van der Waals surface area contributed by atoms with Crippen LogP contribution in [0.15, 0.2) is 23.2 Å². The van der Waals surface area contributed by atoms with Crippen molar-refractivity contribution in [3.05, 3.63) is 33.3 Å². The first-order chi connectivity index (χ1) is 11.9. The van der Waals surface area contributed by atoms with Crippen molar-refractivity contribution < 1.29 is 19.6 Å². The zero-order chi connectivity index (χ0) is 18.4. The van der Waals surface area contributed by atoms with Gasteiger partial charge in [-0.2, -0.15) is 0 Å². The van der Waals surface area contributed by atoms with Crippen molar-refractivity contribution in [3.8, 4) is 0 Å². The molecule has 2 N–H and O–H groups in total. The summed E-state index contributed by atoms with van der Waals surface area (Å²) in [6.07, 6.45) is 2.75. The summed E-state index contributed by atoms with van der Waals surface area (Å²) in [5, 5.41) is 22.5. The largest absolute Gasteiger partial charge is 0.481 e. The summed E-state index contributed by atoms with van der Waals surface area (Å²) in [4.78, 5) is 37.1. The van der Waals surface area contributed by atoms with Gasteiger partial charge in [0.1, 0.15) is 5.69 Å². The number of amides is 1. The van der Waals surface area contributed by atoms with E-state index in [4.69, 9.17) is 16.7 Å². The second kappa shape index (κ2) is 8.82. The molecule has 1 aliphatic rings. The van der Waals surface area contributed by atoms with Crippen molar-refractivity contribution in [2.45, 2.75) is 37.4 Å². The van der Waals surface area contributed by atoms with Crippen LogP contribution >= 0.6 is 23.4 Å². The van der Waals surface area contributed by atoms with Crippen LogP contribution in [0.3, 0.4) is 0 Å². The van der Waals surface area contributed by atoms with Gasteiger partial charge in [0.15, 0.2) is 5.17 Å². The van der Waals surface area contributed by atoms with Gasteiger partial charge in [0.05, 0.1) is 10.2 Å². The van der Waals surface area contributed by atoms with Crippen molar-refractivity contribution in [2.24, 2.45) is 4.99 Å². The van der Waals surface area contributed by atoms with Gasteiger partial charge >= 0.3 is 5.97 Å². The molecule has 0 saturated carbocycles. The summed E-state index contributed by atoms with van der Waals surface area (Å²) >= 11 is 6.98. The van der Waals surface area contributed by atoms with Gasteiger partial charge in [-0.3, -0.25) is 19.7 Å². The minimum atomic E-state index is -0.827. The highest BCUT2D eigenvalue weighted by molar-refractivity contribution is 8.15. The van der Waals surface area contributed by atoms with Crippen LogP contribution in [0.1, 0.15) is 32.1 Å². The number of aliphatic imine (C=N–C) groups is 1. The number of benzene rings is 1. The minimum Gasteiger partial charge on any atom is -0.481 e. The zero-order valence-electron chi connectivity index (χ0n) is 13.1.